The number of nitrogens with zero attached hydrogens (tertiary/aromatic N) is 1. The van der Waals surface area contributed by atoms with E-state index in [1.54, 1.807) is 0 Å². The van der Waals surface area contributed by atoms with Crippen LogP contribution in [0.3, 0.4) is 0 Å². The van der Waals surface area contributed by atoms with Gasteiger partial charge in [0.25, 0.3) is 0 Å². The number of carbonyl (C=O) groups is 1. The van der Waals surface area contributed by atoms with Crippen LogP contribution in [0.2, 0.25) is 0 Å². The highest BCUT2D eigenvalue weighted by atomic mass is 19.4. The Labute approximate surface area is 151 Å². The molecule has 1 fully saturated rings. The molecular weight excluding hydrogens is 347 g/mol. The second kappa shape index (κ2) is 9.34. The molecule has 0 bridgehead atoms. The Balaban J connectivity index is 2.07. The molecule has 146 valence electrons. The van der Waals surface area contributed by atoms with Gasteiger partial charge in [0, 0.05) is 32.1 Å². The second-order valence-electron chi connectivity index (χ2n) is 6.60. The number of rotatable bonds is 7. The number of hydrogen-bond acceptors (Lipinski definition) is 4. The maximum Gasteiger partial charge on any atom is 0.416 e. The first-order valence-corrected chi connectivity index (χ1v) is 8.78. The lowest BCUT2D eigenvalue weighted by atomic mass is 10.0. The van der Waals surface area contributed by atoms with Crippen LogP contribution in [0.5, 0.6) is 0 Å². The molecule has 1 amide bonds. The van der Waals surface area contributed by atoms with Gasteiger partial charge in [-0.1, -0.05) is 12.1 Å². The van der Waals surface area contributed by atoms with Gasteiger partial charge in [0.15, 0.2) is 0 Å². The molecule has 0 spiro atoms. The third kappa shape index (κ3) is 6.26. The van der Waals surface area contributed by atoms with Crippen LogP contribution < -0.4 is 11.1 Å². The fourth-order valence-corrected chi connectivity index (χ4v) is 2.90. The van der Waals surface area contributed by atoms with Crippen molar-refractivity contribution in [1.29, 1.82) is 0 Å². The van der Waals surface area contributed by atoms with E-state index in [1.165, 1.54) is 12.1 Å². The average Bonchev–Trinajstić information content (AvgIpc) is 2.61. The Morgan fingerprint density at radius 3 is 2.42 bits per heavy atom. The number of alkyl halides is 3. The SMILES string of the molecule is CC(N)CCC(=O)NCC(c1ccc(C(F)(F)F)cc1)N1CCOCC1. The number of amides is 1. The molecule has 26 heavy (non-hydrogen) atoms. The number of morpholine rings is 1. The predicted octanol–water partition coefficient (Wildman–Crippen LogP) is 2.32. The maximum atomic E-state index is 12.8. The molecule has 1 heterocycles. The summed E-state index contributed by atoms with van der Waals surface area (Å²) in [5.74, 6) is -0.104. The van der Waals surface area contributed by atoms with Crippen LogP contribution in [0.25, 0.3) is 0 Å². The van der Waals surface area contributed by atoms with Crippen molar-refractivity contribution < 1.29 is 22.7 Å². The molecule has 3 N–H and O–H groups in total. The molecule has 2 atom stereocenters. The predicted molar refractivity (Wildman–Crippen MR) is 92.5 cm³/mol. The number of ether oxygens (including phenoxy) is 1. The molecule has 2 rings (SSSR count). The highest BCUT2D eigenvalue weighted by Gasteiger charge is 2.31. The van der Waals surface area contributed by atoms with Gasteiger partial charge < -0.3 is 15.8 Å². The van der Waals surface area contributed by atoms with E-state index >= 15 is 0 Å². The van der Waals surface area contributed by atoms with Crippen LogP contribution in [0.4, 0.5) is 13.2 Å². The fourth-order valence-electron chi connectivity index (χ4n) is 2.90. The van der Waals surface area contributed by atoms with Crippen molar-refractivity contribution in [3.63, 3.8) is 0 Å². The van der Waals surface area contributed by atoms with Crippen molar-refractivity contribution in [2.24, 2.45) is 5.73 Å². The molecule has 1 aliphatic rings. The Kier molecular flexibility index (Phi) is 7.43. The Morgan fingerprint density at radius 1 is 1.27 bits per heavy atom. The maximum absolute atomic E-state index is 12.8. The summed E-state index contributed by atoms with van der Waals surface area (Å²) in [4.78, 5) is 14.1. The molecule has 1 aromatic carbocycles. The third-order valence-electron chi connectivity index (χ3n) is 4.43. The van der Waals surface area contributed by atoms with Gasteiger partial charge in [0.2, 0.25) is 5.91 Å². The smallest absolute Gasteiger partial charge is 0.379 e. The summed E-state index contributed by atoms with van der Waals surface area (Å²) in [7, 11) is 0. The molecule has 0 radical (unpaired) electrons. The van der Waals surface area contributed by atoms with Crippen LogP contribution in [0.15, 0.2) is 24.3 Å². The summed E-state index contributed by atoms with van der Waals surface area (Å²) in [6, 6.07) is 4.89. The third-order valence-corrected chi connectivity index (χ3v) is 4.43. The summed E-state index contributed by atoms with van der Waals surface area (Å²) < 4.78 is 43.7. The number of halogens is 3. The first kappa shape index (κ1) is 20.7. The van der Waals surface area contributed by atoms with Crippen LogP contribution >= 0.6 is 0 Å². The minimum atomic E-state index is -4.36. The van der Waals surface area contributed by atoms with E-state index in [9.17, 15) is 18.0 Å². The number of benzene rings is 1. The van der Waals surface area contributed by atoms with Gasteiger partial charge in [0.05, 0.1) is 24.8 Å². The molecule has 1 aliphatic heterocycles. The van der Waals surface area contributed by atoms with Crippen LogP contribution in [-0.2, 0) is 15.7 Å². The van der Waals surface area contributed by atoms with Crippen molar-refractivity contribution in [3.05, 3.63) is 35.4 Å². The highest BCUT2D eigenvalue weighted by Crippen LogP contribution is 2.31. The van der Waals surface area contributed by atoms with Crippen molar-refractivity contribution in [1.82, 2.24) is 10.2 Å². The topological polar surface area (TPSA) is 67.6 Å². The van der Waals surface area contributed by atoms with E-state index in [1.807, 2.05) is 6.92 Å². The minimum absolute atomic E-state index is 0.0503. The van der Waals surface area contributed by atoms with E-state index in [0.29, 0.717) is 45.7 Å². The van der Waals surface area contributed by atoms with Gasteiger partial charge in [-0.15, -0.1) is 0 Å². The summed E-state index contributed by atoms with van der Waals surface area (Å²) in [5, 5.41) is 2.88. The molecule has 8 heteroatoms. The van der Waals surface area contributed by atoms with Gasteiger partial charge in [-0.3, -0.25) is 9.69 Å². The number of nitrogens with two attached hydrogens (primary N) is 1. The van der Waals surface area contributed by atoms with Crippen molar-refractivity contribution in [3.8, 4) is 0 Å². The minimum Gasteiger partial charge on any atom is -0.379 e. The highest BCUT2D eigenvalue weighted by molar-refractivity contribution is 5.75. The first-order chi connectivity index (χ1) is 12.3. The van der Waals surface area contributed by atoms with Gasteiger partial charge in [-0.05, 0) is 31.0 Å². The van der Waals surface area contributed by atoms with Gasteiger partial charge >= 0.3 is 6.18 Å². The number of nitrogens with one attached hydrogen (secondary N) is 1. The monoisotopic (exact) mass is 373 g/mol. The van der Waals surface area contributed by atoms with E-state index in [0.717, 1.165) is 17.7 Å². The lowest BCUT2D eigenvalue weighted by Gasteiger charge is -2.35. The normalized spacial score (nSPS) is 18.3. The summed E-state index contributed by atoms with van der Waals surface area (Å²) in [5.41, 5.74) is 5.73. The zero-order chi connectivity index (χ0) is 19.2. The van der Waals surface area contributed by atoms with E-state index in [4.69, 9.17) is 10.5 Å². The molecule has 0 aliphatic carbocycles. The summed E-state index contributed by atoms with van der Waals surface area (Å²) in [6.07, 6.45) is -3.44. The Bertz CT molecular complexity index is 570. The van der Waals surface area contributed by atoms with E-state index < -0.39 is 11.7 Å². The standard InChI is InChI=1S/C18H26F3N3O2/c1-13(22)2-7-17(25)23-12-16(24-8-10-26-11-9-24)14-3-5-15(6-4-14)18(19,20)21/h3-6,13,16H,2,7-12,22H2,1H3,(H,23,25). The van der Waals surface area contributed by atoms with Gasteiger partial charge in [0.1, 0.15) is 0 Å². The van der Waals surface area contributed by atoms with Gasteiger partial charge in [-0.25, -0.2) is 0 Å². The number of carbonyl (C=O) groups excluding carboxylic acids is 1. The van der Waals surface area contributed by atoms with Crippen molar-refractivity contribution in [2.75, 3.05) is 32.8 Å². The van der Waals surface area contributed by atoms with E-state index in [-0.39, 0.29) is 18.0 Å². The molecular formula is C18H26F3N3O2. The van der Waals surface area contributed by atoms with Crippen LogP contribution in [-0.4, -0.2) is 49.7 Å². The number of hydrogen-bond donors (Lipinski definition) is 2. The molecule has 0 saturated carbocycles. The molecule has 1 saturated heterocycles. The lowest BCUT2D eigenvalue weighted by Crippen LogP contribution is -2.44. The largest absolute Gasteiger partial charge is 0.416 e. The fraction of sp³-hybridized carbons (Fsp3) is 0.611. The van der Waals surface area contributed by atoms with Gasteiger partial charge in [-0.2, -0.15) is 13.2 Å². The molecule has 1 aromatic rings. The summed E-state index contributed by atoms with van der Waals surface area (Å²) >= 11 is 0. The average molecular weight is 373 g/mol. The first-order valence-electron chi connectivity index (χ1n) is 8.78. The molecule has 5 nitrogen and oxygen atoms in total. The molecule has 2 unspecified atom stereocenters. The zero-order valence-corrected chi connectivity index (χ0v) is 14.9. The van der Waals surface area contributed by atoms with E-state index in [2.05, 4.69) is 10.2 Å². The summed E-state index contributed by atoms with van der Waals surface area (Å²) in [6.45, 7) is 4.64. The molecule has 0 aromatic heterocycles. The van der Waals surface area contributed by atoms with Crippen LogP contribution in [0.1, 0.15) is 36.9 Å². The quantitative estimate of drug-likeness (QED) is 0.770. The van der Waals surface area contributed by atoms with Crippen molar-refractivity contribution in [2.45, 2.75) is 38.0 Å². The van der Waals surface area contributed by atoms with Crippen molar-refractivity contribution >= 4 is 5.91 Å². The second-order valence-corrected chi connectivity index (χ2v) is 6.60. The zero-order valence-electron chi connectivity index (χ0n) is 14.9. The Hall–Kier alpha value is -1.64. The van der Waals surface area contributed by atoms with Crippen LogP contribution in [0, 0.1) is 0 Å². The lowest BCUT2D eigenvalue weighted by molar-refractivity contribution is -0.137. The Morgan fingerprint density at radius 2 is 1.88 bits per heavy atom.